The fourth-order valence-corrected chi connectivity index (χ4v) is 3.12. The minimum Gasteiger partial charge on any atom is -0.294 e. The van der Waals surface area contributed by atoms with Crippen molar-refractivity contribution in [1.29, 1.82) is 0 Å². The zero-order chi connectivity index (χ0) is 14.9. The topological polar surface area (TPSA) is 17.1 Å². The predicted octanol–water partition coefficient (Wildman–Crippen LogP) is 5.54. The van der Waals surface area contributed by atoms with E-state index in [1.807, 2.05) is 0 Å². The molecule has 2 unspecified atom stereocenters. The lowest BCUT2D eigenvalue weighted by Gasteiger charge is -2.32. The van der Waals surface area contributed by atoms with Crippen LogP contribution in [0.3, 0.4) is 0 Å². The van der Waals surface area contributed by atoms with Gasteiger partial charge in [0.25, 0.3) is 0 Å². The summed E-state index contributed by atoms with van der Waals surface area (Å²) >= 11 is 11.8. The molecule has 1 aromatic carbocycles. The highest BCUT2D eigenvalue weighted by Gasteiger charge is 2.48. The Morgan fingerprint density at radius 1 is 1.15 bits per heavy atom. The monoisotopic (exact) mass is 324 g/mol. The summed E-state index contributed by atoms with van der Waals surface area (Å²) in [5.74, 6) is -3.20. The van der Waals surface area contributed by atoms with Crippen molar-refractivity contribution in [2.24, 2.45) is 11.8 Å². The number of carbonyl (C=O) groups excluding carboxylic acids is 1. The molecule has 2 atom stereocenters. The third-order valence-electron chi connectivity index (χ3n) is 3.74. The van der Waals surface area contributed by atoms with Gasteiger partial charge in [-0.25, -0.2) is 0 Å². The van der Waals surface area contributed by atoms with Crippen LogP contribution in [0.4, 0.5) is 13.2 Å². The fourth-order valence-electron chi connectivity index (χ4n) is 2.73. The molecule has 1 nitrogen and oxygen atoms in total. The Kier molecular flexibility index (Phi) is 4.65. The summed E-state index contributed by atoms with van der Waals surface area (Å²) in [6.45, 7) is 0. The Morgan fingerprint density at radius 2 is 1.80 bits per heavy atom. The van der Waals surface area contributed by atoms with Crippen LogP contribution in [0.1, 0.15) is 36.0 Å². The maximum Gasteiger partial charge on any atom is 0.392 e. The molecule has 110 valence electrons. The van der Waals surface area contributed by atoms with E-state index in [2.05, 4.69) is 0 Å². The molecule has 0 aromatic heterocycles. The van der Waals surface area contributed by atoms with Crippen LogP contribution in [-0.4, -0.2) is 12.0 Å². The SMILES string of the molecule is O=C(c1cccc(Cl)c1Cl)C1CCCCC1C(F)(F)F. The molecule has 1 aliphatic carbocycles. The minimum atomic E-state index is -4.36. The van der Waals surface area contributed by atoms with Crippen molar-refractivity contribution in [2.75, 3.05) is 0 Å². The van der Waals surface area contributed by atoms with Crippen LogP contribution in [-0.2, 0) is 0 Å². The summed E-state index contributed by atoms with van der Waals surface area (Å²) < 4.78 is 39.1. The van der Waals surface area contributed by atoms with Gasteiger partial charge in [-0.2, -0.15) is 13.2 Å². The summed E-state index contributed by atoms with van der Waals surface area (Å²) in [6.07, 6.45) is -2.99. The normalized spacial score (nSPS) is 23.6. The number of alkyl halides is 3. The van der Waals surface area contributed by atoms with Gasteiger partial charge in [-0.3, -0.25) is 4.79 Å². The molecule has 1 aliphatic rings. The fraction of sp³-hybridized carbons (Fsp3) is 0.500. The molecule has 2 rings (SSSR count). The number of hydrogen-bond donors (Lipinski definition) is 0. The minimum absolute atomic E-state index is 0.00189. The van der Waals surface area contributed by atoms with E-state index < -0.39 is 23.8 Å². The molecule has 1 fully saturated rings. The van der Waals surface area contributed by atoms with Crippen molar-refractivity contribution in [1.82, 2.24) is 0 Å². The van der Waals surface area contributed by atoms with E-state index in [-0.39, 0.29) is 28.5 Å². The van der Waals surface area contributed by atoms with Gasteiger partial charge >= 0.3 is 6.18 Å². The van der Waals surface area contributed by atoms with Crippen LogP contribution in [0.5, 0.6) is 0 Å². The van der Waals surface area contributed by atoms with E-state index >= 15 is 0 Å². The summed E-state index contributed by atoms with van der Waals surface area (Å²) in [4.78, 5) is 12.4. The second-order valence-electron chi connectivity index (χ2n) is 5.00. The second-order valence-corrected chi connectivity index (χ2v) is 5.79. The van der Waals surface area contributed by atoms with Gasteiger partial charge in [0.05, 0.1) is 16.0 Å². The highest BCUT2D eigenvalue weighted by Crippen LogP contribution is 2.43. The van der Waals surface area contributed by atoms with E-state index in [1.54, 1.807) is 0 Å². The molecule has 0 saturated heterocycles. The first kappa shape index (κ1) is 15.6. The van der Waals surface area contributed by atoms with Gasteiger partial charge < -0.3 is 0 Å². The number of carbonyl (C=O) groups is 1. The number of benzene rings is 1. The van der Waals surface area contributed by atoms with Crippen molar-refractivity contribution < 1.29 is 18.0 Å². The average Bonchev–Trinajstić information content (AvgIpc) is 2.40. The van der Waals surface area contributed by atoms with Crippen LogP contribution >= 0.6 is 23.2 Å². The second kappa shape index (κ2) is 5.94. The summed E-state index contributed by atoms with van der Waals surface area (Å²) in [6, 6.07) is 4.45. The number of rotatable bonds is 2. The molecule has 0 heterocycles. The quantitative estimate of drug-likeness (QED) is 0.652. The Bertz CT molecular complexity index is 514. The molecule has 1 saturated carbocycles. The maximum absolute atomic E-state index is 13.0. The summed E-state index contributed by atoms with van der Waals surface area (Å²) in [7, 11) is 0. The maximum atomic E-state index is 13.0. The number of hydrogen-bond acceptors (Lipinski definition) is 1. The van der Waals surface area contributed by atoms with Gasteiger partial charge in [0, 0.05) is 11.5 Å². The lowest BCUT2D eigenvalue weighted by molar-refractivity contribution is -0.190. The summed E-state index contributed by atoms with van der Waals surface area (Å²) in [5, 5.41) is 0.211. The van der Waals surface area contributed by atoms with E-state index in [0.29, 0.717) is 12.8 Å². The van der Waals surface area contributed by atoms with Crippen molar-refractivity contribution in [3.63, 3.8) is 0 Å². The largest absolute Gasteiger partial charge is 0.392 e. The highest BCUT2D eigenvalue weighted by molar-refractivity contribution is 6.44. The number of Topliss-reactive ketones (excluding diaryl/α,β-unsaturated/α-hetero) is 1. The molecule has 0 radical (unpaired) electrons. The third kappa shape index (κ3) is 3.12. The lowest BCUT2D eigenvalue weighted by atomic mass is 9.75. The molecular formula is C14H13Cl2F3O. The number of halogens is 5. The Morgan fingerprint density at radius 3 is 2.45 bits per heavy atom. The zero-order valence-corrected chi connectivity index (χ0v) is 12.0. The first-order chi connectivity index (χ1) is 9.32. The van der Waals surface area contributed by atoms with Gasteiger partial charge in [-0.15, -0.1) is 0 Å². The lowest BCUT2D eigenvalue weighted by Crippen LogP contribution is -2.37. The molecule has 0 bridgehead atoms. The standard InChI is InChI=1S/C14H13Cl2F3O/c15-11-7-3-5-9(12(11)16)13(20)8-4-1-2-6-10(8)14(17,18)19/h3,5,7-8,10H,1-2,4,6H2. The first-order valence-electron chi connectivity index (χ1n) is 6.37. The first-order valence-corrected chi connectivity index (χ1v) is 7.13. The van der Waals surface area contributed by atoms with Gasteiger partial charge in [0.1, 0.15) is 0 Å². The smallest absolute Gasteiger partial charge is 0.294 e. The van der Waals surface area contributed by atoms with E-state index in [9.17, 15) is 18.0 Å². The molecule has 0 spiro atoms. The van der Waals surface area contributed by atoms with Gasteiger partial charge in [-0.05, 0) is 25.0 Å². The highest BCUT2D eigenvalue weighted by atomic mass is 35.5. The molecule has 6 heteroatoms. The van der Waals surface area contributed by atoms with E-state index in [4.69, 9.17) is 23.2 Å². The van der Waals surface area contributed by atoms with E-state index in [1.165, 1.54) is 18.2 Å². The predicted molar refractivity (Wildman–Crippen MR) is 72.3 cm³/mol. The number of ketones is 1. The van der Waals surface area contributed by atoms with Crippen LogP contribution in [0.25, 0.3) is 0 Å². The van der Waals surface area contributed by atoms with Gasteiger partial charge in [0.15, 0.2) is 5.78 Å². The van der Waals surface area contributed by atoms with Crippen LogP contribution in [0.15, 0.2) is 18.2 Å². The molecule has 0 aliphatic heterocycles. The zero-order valence-electron chi connectivity index (χ0n) is 10.5. The molecule has 20 heavy (non-hydrogen) atoms. The van der Waals surface area contributed by atoms with Crippen molar-refractivity contribution >= 4 is 29.0 Å². The van der Waals surface area contributed by atoms with Crippen molar-refractivity contribution in [3.8, 4) is 0 Å². The van der Waals surface area contributed by atoms with Crippen LogP contribution < -0.4 is 0 Å². The Balaban J connectivity index is 2.33. The Hall–Kier alpha value is -0.740. The molecule has 0 amide bonds. The average molecular weight is 325 g/mol. The molecular weight excluding hydrogens is 312 g/mol. The third-order valence-corrected chi connectivity index (χ3v) is 4.56. The van der Waals surface area contributed by atoms with Crippen molar-refractivity contribution in [3.05, 3.63) is 33.8 Å². The molecule has 1 aromatic rings. The molecule has 0 N–H and O–H groups in total. The van der Waals surface area contributed by atoms with Gasteiger partial charge in [-0.1, -0.05) is 42.1 Å². The van der Waals surface area contributed by atoms with E-state index in [0.717, 1.165) is 0 Å². The van der Waals surface area contributed by atoms with Gasteiger partial charge in [0.2, 0.25) is 0 Å². The summed E-state index contributed by atoms with van der Waals surface area (Å²) in [5.41, 5.74) is 0.0836. The van der Waals surface area contributed by atoms with Crippen LogP contribution in [0.2, 0.25) is 10.0 Å². The van der Waals surface area contributed by atoms with Crippen molar-refractivity contribution in [2.45, 2.75) is 31.9 Å². The Labute approximate surface area is 125 Å². The van der Waals surface area contributed by atoms with Crippen LogP contribution in [0, 0.1) is 11.8 Å².